The number of rotatable bonds is 4. The number of ether oxygens (including phenoxy) is 1. The van der Waals surface area contributed by atoms with Crippen molar-refractivity contribution in [1.82, 2.24) is 15.1 Å². The molecule has 0 aromatic carbocycles. The third-order valence-electron chi connectivity index (χ3n) is 4.37. The number of amides is 1. The number of nitrogens with one attached hydrogen (secondary N) is 1. The molecule has 2 unspecified atom stereocenters. The van der Waals surface area contributed by atoms with Gasteiger partial charge in [0.2, 0.25) is 5.91 Å². The lowest BCUT2D eigenvalue weighted by Gasteiger charge is -2.35. The van der Waals surface area contributed by atoms with Crippen LogP contribution in [0.5, 0.6) is 0 Å². The van der Waals surface area contributed by atoms with Crippen molar-refractivity contribution >= 4 is 5.91 Å². The summed E-state index contributed by atoms with van der Waals surface area (Å²) < 4.78 is 10.7. The van der Waals surface area contributed by atoms with Gasteiger partial charge >= 0.3 is 0 Å². The van der Waals surface area contributed by atoms with Crippen LogP contribution < -0.4 is 5.32 Å². The van der Waals surface area contributed by atoms with Gasteiger partial charge in [0.25, 0.3) is 0 Å². The number of furan rings is 1. The molecule has 116 valence electrons. The van der Waals surface area contributed by atoms with Crippen molar-refractivity contribution in [3.8, 4) is 0 Å². The molecule has 1 amide bonds. The molecule has 2 atom stereocenters. The van der Waals surface area contributed by atoms with Crippen LogP contribution in [0.3, 0.4) is 0 Å². The molecule has 2 saturated heterocycles. The van der Waals surface area contributed by atoms with E-state index in [1.54, 1.807) is 13.4 Å². The third kappa shape index (κ3) is 3.45. The van der Waals surface area contributed by atoms with E-state index >= 15 is 0 Å². The molecule has 0 bridgehead atoms. The predicted octanol–water partition coefficient (Wildman–Crippen LogP) is 0.301. The summed E-state index contributed by atoms with van der Waals surface area (Å²) in [7, 11) is 1.70. The predicted molar refractivity (Wildman–Crippen MR) is 77.8 cm³/mol. The zero-order valence-electron chi connectivity index (χ0n) is 12.5. The van der Waals surface area contributed by atoms with Crippen LogP contribution in [0.1, 0.15) is 12.2 Å². The maximum atomic E-state index is 12.5. The van der Waals surface area contributed by atoms with E-state index in [0.717, 1.165) is 51.4 Å². The average molecular weight is 293 g/mol. The zero-order valence-corrected chi connectivity index (χ0v) is 12.5. The number of piperazine rings is 1. The van der Waals surface area contributed by atoms with Crippen molar-refractivity contribution < 1.29 is 13.9 Å². The van der Waals surface area contributed by atoms with Gasteiger partial charge in [0, 0.05) is 39.8 Å². The summed E-state index contributed by atoms with van der Waals surface area (Å²) in [5.41, 5.74) is 0. The molecule has 0 aliphatic carbocycles. The van der Waals surface area contributed by atoms with Crippen LogP contribution in [0.2, 0.25) is 0 Å². The highest BCUT2D eigenvalue weighted by molar-refractivity contribution is 5.82. The van der Waals surface area contributed by atoms with Crippen molar-refractivity contribution in [2.45, 2.75) is 25.1 Å². The summed E-state index contributed by atoms with van der Waals surface area (Å²) in [5, 5.41) is 3.26. The minimum absolute atomic E-state index is 0.0772. The Bertz CT molecular complexity index is 455. The van der Waals surface area contributed by atoms with Gasteiger partial charge in [0.1, 0.15) is 5.76 Å². The second-order valence-electron chi connectivity index (χ2n) is 5.74. The van der Waals surface area contributed by atoms with Crippen LogP contribution in [-0.2, 0) is 16.1 Å². The fourth-order valence-corrected chi connectivity index (χ4v) is 3.04. The Balaban J connectivity index is 1.46. The van der Waals surface area contributed by atoms with Crippen LogP contribution in [0.4, 0.5) is 0 Å². The summed E-state index contributed by atoms with van der Waals surface area (Å²) in [5.74, 6) is 1.20. The van der Waals surface area contributed by atoms with Gasteiger partial charge in [-0.25, -0.2) is 0 Å². The van der Waals surface area contributed by atoms with Crippen molar-refractivity contribution in [3.63, 3.8) is 0 Å². The molecule has 0 radical (unpaired) electrons. The minimum Gasteiger partial charge on any atom is -0.468 e. The van der Waals surface area contributed by atoms with E-state index in [2.05, 4.69) is 10.2 Å². The van der Waals surface area contributed by atoms with E-state index in [9.17, 15) is 4.79 Å². The molecule has 3 rings (SSSR count). The van der Waals surface area contributed by atoms with Crippen molar-refractivity contribution in [3.05, 3.63) is 24.2 Å². The molecule has 2 fully saturated rings. The van der Waals surface area contributed by atoms with E-state index in [0.29, 0.717) is 0 Å². The highest BCUT2D eigenvalue weighted by Crippen LogP contribution is 2.14. The Kier molecular flexibility index (Phi) is 4.57. The highest BCUT2D eigenvalue weighted by atomic mass is 16.5. The largest absolute Gasteiger partial charge is 0.468 e. The Morgan fingerprint density at radius 2 is 2.24 bits per heavy atom. The van der Waals surface area contributed by atoms with Crippen LogP contribution in [0.25, 0.3) is 0 Å². The van der Waals surface area contributed by atoms with E-state index in [-0.39, 0.29) is 18.1 Å². The Morgan fingerprint density at radius 1 is 1.43 bits per heavy atom. The monoisotopic (exact) mass is 293 g/mol. The molecule has 1 aromatic heterocycles. The van der Waals surface area contributed by atoms with E-state index in [1.807, 2.05) is 17.0 Å². The second kappa shape index (κ2) is 6.60. The second-order valence-corrected chi connectivity index (χ2v) is 5.74. The molecule has 0 saturated carbocycles. The quantitative estimate of drug-likeness (QED) is 0.865. The molecule has 0 spiro atoms. The number of hydrogen-bond donors (Lipinski definition) is 1. The molecule has 6 nitrogen and oxygen atoms in total. The van der Waals surface area contributed by atoms with Gasteiger partial charge < -0.3 is 19.4 Å². The van der Waals surface area contributed by atoms with Gasteiger partial charge in [-0.3, -0.25) is 9.69 Å². The molecule has 1 N–H and O–H groups in total. The maximum absolute atomic E-state index is 12.5. The average Bonchev–Trinajstić information content (AvgIpc) is 3.18. The number of carbonyl (C=O) groups is 1. The van der Waals surface area contributed by atoms with E-state index < -0.39 is 0 Å². The maximum Gasteiger partial charge on any atom is 0.239 e. The zero-order chi connectivity index (χ0) is 14.7. The van der Waals surface area contributed by atoms with E-state index in [1.165, 1.54) is 0 Å². The van der Waals surface area contributed by atoms with Crippen LogP contribution in [0, 0.1) is 0 Å². The third-order valence-corrected chi connectivity index (χ3v) is 4.37. The molecule has 2 aliphatic rings. The van der Waals surface area contributed by atoms with Crippen molar-refractivity contribution in [1.29, 1.82) is 0 Å². The van der Waals surface area contributed by atoms with Crippen LogP contribution >= 0.6 is 0 Å². The molecule has 21 heavy (non-hydrogen) atoms. The topological polar surface area (TPSA) is 58.0 Å². The summed E-state index contributed by atoms with van der Waals surface area (Å²) in [6, 6.07) is 3.82. The van der Waals surface area contributed by atoms with Crippen LogP contribution in [-0.4, -0.2) is 67.7 Å². The number of nitrogens with zero attached hydrogens (tertiary/aromatic N) is 2. The summed E-state index contributed by atoms with van der Waals surface area (Å²) in [6.45, 7) is 4.96. The van der Waals surface area contributed by atoms with Crippen molar-refractivity contribution in [2.75, 3.05) is 39.8 Å². The Labute approximate surface area is 125 Å². The lowest BCUT2D eigenvalue weighted by Crippen LogP contribution is -2.52. The first-order valence-electron chi connectivity index (χ1n) is 7.56. The molecule has 2 aliphatic heterocycles. The summed E-state index contributed by atoms with van der Waals surface area (Å²) in [4.78, 5) is 16.7. The van der Waals surface area contributed by atoms with Crippen molar-refractivity contribution in [2.24, 2.45) is 0 Å². The first-order valence-corrected chi connectivity index (χ1v) is 7.56. The van der Waals surface area contributed by atoms with Gasteiger partial charge in [-0.05, 0) is 18.6 Å². The van der Waals surface area contributed by atoms with Gasteiger partial charge in [0.15, 0.2) is 0 Å². The first kappa shape index (κ1) is 14.6. The fraction of sp³-hybridized carbons (Fsp3) is 0.667. The Hall–Kier alpha value is -1.37. The lowest BCUT2D eigenvalue weighted by atomic mass is 10.1. The molecule has 1 aromatic rings. The number of carbonyl (C=O) groups excluding carboxylic acids is 1. The normalized spacial score (nSPS) is 27.2. The fourth-order valence-electron chi connectivity index (χ4n) is 3.04. The molecule has 3 heterocycles. The van der Waals surface area contributed by atoms with E-state index in [4.69, 9.17) is 9.15 Å². The standard InChI is InChI=1S/C15H23N3O3/c1-20-13-9-14(16-10-13)15(19)18-6-4-17(5-7-18)11-12-3-2-8-21-12/h2-3,8,13-14,16H,4-7,9-11H2,1H3. The van der Waals surface area contributed by atoms with Crippen LogP contribution in [0.15, 0.2) is 22.8 Å². The summed E-state index contributed by atoms with van der Waals surface area (Å²) >= 11 is 0. The minimum atomic E-state index is -0.0772. The molecule has 6 heteroatoms. The molecular weight excluding hydrogens is 270 g/mol. The van der Waals surface area contributed by atoms with Gasteiger partial charge in [0.05, 0.1) is 25.0 Å². The van der Waals surface area contributed by atoms with Gasteiger partial charge in [-0.2, -0.15) is 0 Å². The first-order chi connectivity index (χ1) is 10.3. The lowest BCUT2D eigenvalue weighted by molar-refractivity contribution is -0.135. The van der Waals surface area contributed by atoms with Gasteiger partial charge in [-0.1, -0.05) is 0 Å². The Morgan fingerprint density at radius 3 is 2.86 bits per heavy atom. The number of methoxy groups -OCH3 is 1. The summed E-state index contributed by atoms with van der Waals surface area (Å²) in [6.07, 6.45) is 2.65. The number of hydrogen-bond acceptors (Lipinski definition) is 5. The molecular formula is C15H23N3O3. The van der Waals surface area contributed by atoms with Gasteiger partial charge in [-0.15, -0.1) is 0 Å². The smallest absolute Gasteiger partial charge is 0.239 e. The SMILES string of the molecule is COC1CNC(C(=O)N2CCN(Cc3ccco3)CC2)C1. The highest BCUT2D eigenvalue weighted by Gasteiger charge is 2.33.